The van der Waals surface area contributed by atoms with Crippen LogP contribution in [0.2, 0.25) is 0 Å². The first-order valence-electron chi connectivity index (χ1n) is 8.92. The number of urea groups is 1. The average molecular weight is 387 g/mol. The molecule has 2 N–H and O–H groups in total. The molecule has 10 heteroatoms. The van der Waals surface area contributed by atoms with Gasteiger partial charge in [-0.25, -0.2) is 19.1 Å². The van der Waals surface area contributed by atoms with Crippen molar-refractivity contribution in [1.82, 2.24) is 25.6 Å². The highest BCUT2D eigenvalue weighted by Crippen LogP contribution is 2.17. The van der Waals surface area contributed by atoms with Crippen LogP contribution in [0.3, 0.4) is 0 Å². The predicted molar refractivity (Wildman–Crippen MR) is 98.3 cm³/mol. The minimum absolute atomic E-state index is 0.189. The molecule has 1 unspecified atom stereocenters. The quantitative estimate of drug-likeness (QED) is 0.712. The fourth-order valence-corrected chi connectivity index (χ4v) is 2.95. The molecular weight excluding hydrogens is 366 g/mol. The molecule has 0 spiro atoms. The van der Waals surface area contributed by atoms with E-state index in [0.717, 1.165) is 5.52 Å². The first-order valence-corrected chi connectivity index (χ1v) is 8.92. The number of hydrogen-bond donors (Lipinski definition) is 2. The van der Waals surface area contributed by atoms with Gasteiger partial charge in [0.25, 0.3) is 0 Å². The molecule has 10 nitrogen and oxygen atoms in total. The number of nitrogens with zero attached hydrogens (tertiary/aromatic N) is 3. The van der Waals surface area contributed by atoms with Crippen molar-refractivity contribution in [2.75, 3.05) is 13.2 Å². The van der Waals surface area contributed by atoms with Gasteiger partial charge in [0.15, 0.2) is 0 Å². The lowest BCUT2D eigenvalue weighted by atomic mass is 10.0. The summed E-state index contributed by atoms with van der Waals surface area (Å²) in [5.74, 6) is -1.18. The molecule has 0 saturated heterocycles. The van der Waals surface area contributed by atoms with Gasteiger partial charge in [0.2, 0.25) is 0 Å². The van der Waals surface area contributed by atoms with E-state index in [9.17, 15) is 14.4 Å². The Bertz CT molecular complexity index is 964. The average Bonchev–Trinajstić information content (AvgIpc) is 3.08. The number of benzene rings is 1. The summed E-state index contributed by atoms with van der Waals surface area (Å²) in [7, 11) is 0. The normalized spacial score (nSPS) is 16.5. The number of carbonyl (C=O) groups is 3. The Hall–Kier alpha value is -3.43. The minimum atomic E-state index is -0.607. The summed E-state index contributed by atoms with van der Waals surface area (Å²) in [6, 6.07) is 3.89. The summed E-state index contributed by atoms with van der Waals surface area (Å²) in [6.45, 7) is 5.86. The van der Waals surface area contributed by atoms with Crippen LogP contribution in [0.1, 0.15) is 31.1 Å². The van der Waals surface area contributed by atoms with E-state index in [1.165, 1.54) is 0 Å². The standard InChI is InChI=1S/C18H21N5O5/c1-4-23-14-7-6-11(8-12(14)21-22-23)16(24)28-9-13-15(17(25)27-5-2)10(3)19-18(26)20-13/h6-8,10H,4-5,9H2,1-3H3,(H2,19,20,26). The molecule has 2 aromatic rings. The lowest BCUT2D eigenvalue weighted by Crippen LogP contribution is -2.50. The summed E-state index contributed by atoms with van der Waals surface area (Å²) in [4.78, 5) is 36.4. The first kappa shape index (κ1) is 19.3. The molecule has 0 radical (unpaired) electrons. The number of hydrogen-bond acceptors (Lipinski definition) is 7. The zero-order chi connectivity index (χ0) is 20.3. The third-order valence-corrected chi connectivity index (χ3v) is 4.26. The second-order valence-corrected chi connectivity index (χ2v) is 6.12. The molecule has 2 amide bonds. The van der Waals surface area contributed by atoms with Crippen molar-refractivity contribution in [1.29, 1.82) is 0 Å². The summed E-state index contributed by atoms with van der Waals surface area (Å²) in [6.07, 6.45) is 0. The molecule has 2 heterocycles. The molecule has 0 fully saturated rings. The van der Waals surface area contributed by atoms with E-state index >= 15 is 0 Å². The molecule has 0 bridgehead atoms. The Labute approximate surface area is 160 Å². The monoisotopic (exact) mass is 387 g/mol. The second kappa shape index (κ2) is 8.07. The Kier molecular flexibility index (Phi) is 5.57. The largest absolute Gasteiger partial charge is 0.463 e. The summed E-state index contributed by atoms with van der Waals surface area (Å²) in [5.41, 5.74) is 2.09. The Morgan fingerprint density at radius 3 is 2.71 bits per heavy atom. The highest BCUT2D eigenvalue weighted by atomic mass is 16.5. The maximum Gasteiger partial charge on any atom is 0.338 e. The maximum absolute atomic E-state index is 12.4. The zero-order valence-corrected chi connectivity index (χ0v) is 15.8. The van der Waals surface area contributed by atoms with E-state index in [0.29, 0.717) is 17.6 Å². The van der Waals surface area contributed by atoms with Crippen molar-refractivity contribution in [3.05, 3.63) is 35.0 Å². The van der Waals surface area contributed by atoms with Gasteiger partial charge in [0.1, 0.15) is 12.1 Å². The summed E-state index contributed by atoms with van der Waals surface area (Å²) < 4.78 is 12.0. The van der Waals surface area contributed by atoms with Gasteiger partial charge < -0.3 is 20.1 Å². The van der Waals surface area contributed by atoms with Gasteiger partial charge in [-0.3, -0.25) is 0 Å². The lowest BCUT2D eigenvalue weighted by Gasteiger charge is -2.26. The van der Waals surface area contributed by atoms with Crippen LogP contribution in [0.25, 0.3) is 11.0 Å². The third kappa shape index (κ3) is 3.80. The number of ether oxygens (including phenoxy) is 2. The number of amides is 2. The van der Waals surface area contributed by atoms with Gasteiger partial charge >= 0.3 is 18.0 Å². The van der Waals surface area contributed by atoms with E-state index in [1.807, 2.05) is 6.92 Å². The van der Waals surface area contributed by atoms with Crippen LogP contribution >= 0.6 is 0 Å². The van der Waals surface area contributed by atoms with Gasteiger partial charge in [-0.2, -0.15) is 0 Å². The van der Waals surface area contributed by atoms with Crippen molar-refractivity contribution >= 4 is 29.0 Å². The number of rotatable bonds is 6. The summed E-state index contributed by atoms with van der Waals surface area (Å²) in [5, 5.41) is 13.1. The van der Waals surface area contributed by atoms with Crippen molar-refractivity contribution in [2.24, 2.45) is 0 Å². The zero-order valence-electron chi connectivity index (χ0n) is 15.8. The Morgan fingerprint density at radius 2 is 2.00 bits per heavy atom. The van der Waals surface area contributed by atoms with Crippen LogP contribution in [-0.2, 0) is 20.8 Å². The molecule has 1 aliphatic heterocycles. The van der Waals surface area contributed by atoms with Crippen molar-refractivity contribution in [2.45, 2.75) is 33.4 Å². The molecule has 1 aliphatic rings. The maximum atomic E-state index is 12.4. The number of nitrogens with one attached hydrogen (secondary N) is 2. The second-order valence-electron chi connectivity index (χ2n) is 6.12. The molecule has 148 valence electrons. The topological polar surface area (TPSA) is 124 Å². The SMILES string of the molecule is CCOC(=O)C1=C(COC(=O)c2ccc3c(c2)nnn3CC)NC(=O)NC1C. The Balaban J connectivity index is 1.78. The van der Waals surface area contributed by atoms with Crippen LogP contribution in [-0.4, -0.2) is 52.2 Å². The fraction of sp³-hybridized carbons (Fsp3) is 0.389. The van der Waals surface area contributed by atoms with Crippen LogP contribution in [0, 0.1) is 0 Å². The molecule has 3 rings (SSSR count). The van der Waals surface area contributed by atoms with Gasteiger partial charge in [0.05, 0.1) is 35.0 Å². The van der Waals surface area contributed by atoms with Crippen LogP contribution in [0.15, 0.2) is 29.5 Å². The van der Waals surface area contributed by atoms with E-state index < -0.39 is 24.0 Å². The van der Waals surface area contributed by atoms with Crippen LogP contribution < -0.4 is 10.6 Å². The third-order valence-electron chi connectivity index (χ3n) is 4.26. The lowest BCUT2D eigenvalue weighted by molar-refractivity contribution is -0.139. The van der Waals surface area contributed by atoms with Crippen LogP contribution in [0.4, 0.5) is 4.79 Å². The van der Waals surface area contributed by atoms with Gasteiger partial charge in [-0.1, -0.05) is 5.21 Å². The number of esters is 2. The Morgan fingerprint density at radius 1 is 1.21 bits per heavy atom. The molecule has 1 aromatic carbocycles. The first-order chi connectivity index (χ1) is 13.4. The highest BCUT2D eigenvalue weighted by Gasteiger charge is 2.30. The van der Waals surface area contributed by atoms with Gasteiger partial charge in [0, 0.05) is 6.54 Å². The van der Waals surface area contributed by atoms with Crippen molar-refractivity contribution in [3.63, 3.8) is 0 Å². The molecule has 0 saturated carbocycles. The van der Waals surface area contributed by atoms with E-state index in [-0.39, 0.29) is 24.5 Å². The summed E-state index contributed by atoms with van der Waals surface area (Å²) >= 11 is 0. The number of carbonyl (C=O) groups excluding carboxylic acids is 3. The number of aromatic nitrogens is 3. The highest BCUT2D eigenvalue weighted by molar-refractivity contribution is 5.96. The molecule has 1 atom stereocenters. The minimum Gasteiger partial charge on any atom is -0.463 e. The number of fused-ring (bicyclic) bond motifs is 1. The molecular formula is C18H21N5O5. The van der Waals surface area contributed by atoms with Crippen molar-refractivity contribution in [3.8, 4) is 0 Å². The molecule has 0 aliphatic carbocycles. The smallest absolute Gasteiger partial charge is 0.338 e. The van der Waals surface area contributed by atoms with E-state index in [4.69, 9.17) is 9.47 Å². The van der Waals surface area contributed by atoms with E-state index in [1.54, 1.807) is 36.7 Å². The number of aryl methyl sites for hydroxylation is 1. The molecule has 28 heavy (non-hydrogen) atoms. The fourth-order valence-electron chi connectivity index (χ4n) is 2.95. The van der Waals surface area contributed by atoms with Gasteiger partial charge in [-0.05, 0) is 39.0 Å². The van der Waals surface area contributed by atoms with Crippen molar-refractivity contribution < 1.29 is 23.9 Å². The van der Waals surface area contributed by atoms with Gasteiger partial charge in [-0.15, -0.1) is 5.10 Å². The predicted octanol–water partition coefficient (Wildman–Crippen LogP) is 1.13. The molecule has 1 aromatic heterocycles. The van der Waals surface area contributed by atoms with E-state index in [2.05, 4.69) is 20.9 Å². The van der Waals surface area contributed by atoms with Crippen LogP contribution in [0.5, 0.6) is 0 Å².